The van der Waals surface area contributed by atoms with Gasteiger partial charge in [0.05, 0.1) is 12.2 Å². The number of nitrogens with two attached hydrogens (primary N) is 1. The third-order valence-electron chi connectivity index (χ3n) is 2.75. The highest BCUT2D eigenvalue weighted by molar-refractivity contribution is 7.21. The molecule has 0 saturated heterocycles. The van der Waals surface area contributed by atoms with Crippen LogP contribution in [0, 0.1) is 19.3 Å². The highest BCUT2D eigenvalue weighted by Crippen LogP contribution is 2.34. The van der Waals surface area contributed by atoms with Crippen LogP contribution in [0.25, 0.3) is 10.1 Å². The zero-order valence-corrected chi connectivity index (χ0v) is 11.2. The molecule has 0 radical (unpaired) electrons. The molecule has 2 rings (SSSR count). The van der Waals surface area contributed by atoms with Crippen LogP contribution in [0.3, 0.4) is 0 Å². The van der Waals surface area contributed by atoms with Crippen molar-refractivity contribution in [2.24, 2.45) is 0 Å². The topological polar surface area (TPSA) is 46.3 Å². The number of amides is 1. The summed E-state index contributed by atoms with van der Waals surface area (Å²) >= 11 is 1.41. The Morgan fingerprint density at radius 1 is 1.56 bits per heavy atom. The number of terminal acetylenes is 1. The van der Waals surface area contributed by atoms with E-state index in [0.717, 1.165) is 15.6 Å². The smallest absolute Gasteiger partial charge is 0.266 e. The van der Waals surface area contributed by atoms with Gasteiger partial charge in [0.25, 0.3) is 5.91 Å². The van der Waals surface area contributed by atoms with Crippen molar-refractivity contribution in [3.05, 3.63) is 28.6 Å². The van der Waals surface area contributed by atoms with E-state index in [0.29, 0.717) is 10.6 Å². The maximum Gasteiger partial charge on any atom is 0.266 e. The largest absolute Gasteiger partial charge is 0.397 e. The van der Waals surface area contributed by atoms with Gasteiger partial charge >= 0.3 is 0 Å². The number of aryl methyl sites for hydroxylation is 1. The van der Waals surface area contributed by atoms with Gasteiger partial charge in [0, 0.05) is 17.1 Å². The molecule has 0 bridgehead atoms. The number of nitrogen functional groups attached to an aromatic ring is 1. The normalized spacial score (nSPS) is 10.3. The van der Waals surface area contributed by atoms with E-state index in [2.05, 4.69) is 5.92 Å². The summed E-state index contributed by atoms with van der Waals surface area (Å²) in [5, 5.41) is 0.942. The van der Waals surface area contributed by atoms with Crippen molar-refractivity contribution in [3.8, 4) is 12.3 Å². The maximum absolute atomic E-state index is 12.2. The molecular formula is C14H14N2OS. The molecule has 1 aromatic heterocycles. The van der Waals surface area contributed by atoms with Crippen LogP contribution >= 0.6 is 11.3 Å². The Labute approximate surface area is 110 Å². The van der Waals surface area contributed by atoms with Crippen LogP contribution in [0.2, 0.25) is 0 Å². The first-order valence-electron chi connectivity index (χ1n) is 5.52. The number of thiophene rings is 1. The highest BCUT2D eigenvalue weighted by atomic mass is 32.1. The Hall–Kier alpha value is -1.99. The number of hydrogen-bond donors (Lipinski definition) is 1. The van der Waals surface area contributed by atoms with Crippen LogP contribution < -0.4 is 5.73 Å². The number of benzene rings is 1. The first-order chi connectivity index (χ1) is 8.54. The van der Waals surface area contributed by atoms with Crippen molar-refractivity contribution in [1.29, 1.82) is 0 Å². The zero-order valence-electron chi connectivity index (χ0n) is 10.4. The Morgan fingerprint density at radius 3 is 2.94 bits per heavy atom. The Kier molecular flexibility index (Phi) is 3.26. The van der Waals surface area contributed by atoms with Gasteiger partial charge in [-0.15, -0.1) is 17.8 Å². The molecule has 0 saturated carbocycles. The number of hydrogen-bond acceptors (Lipinski definition) is 3. The van der Waals surface area contributed by atoms with Gasteiger partial charge in [0.2, 0.25) is 0 Å². The molecule has 0 spiro atoms. The van der Waals surface area contributed by atoms with Gasteiger partial charge in [0.1, 0.15) is 4.88 Å². The van der Waals surface area contributed by atoms with Gasteiger partial charge in [-0.05, 0) is 19.1 Å². The van der Waals surface area contributed by atoms with E-state index in [1.54, 1.807) is 7.05 Å². The molecule has 1 heterocycles. The fourth-order valence-electron chi connectivity index (χ4n) is 1.77. The molecule has 0 aliphatic heterocycles. The van der Waals surface area contributed by atoms with Crippen LogP contribution in [0.15, 0.2) is 18.2 Å². The van der Waals surface area contributed by atoms with Gasteiger partial charge in [-0.25, -0.2) is 0 Å². The number of rotatable bonds is 2. The molecule has 2 N–H and O–H groups in total. The van der Waals surface area contributed by atoms with Gasteiger partial charge < -0.3 is 10.6 Å². The predicted octanol–water partition coefficient (Wildman–Crippen LogP) is 2.50. The minimum atomic E-state index is -0.121. The number of carbonyl (C=O) groups excluding carboxylic acids is 1. The summed E-state index contributed by atoms with van der Waals surface area (Å²) in [5.41, 5.74) is 7.73. The summed E-state index contributed by atoms with van der Waals surface area (Å²) in [4.78, 5) is 14.2. The molecule has 1 aromatic carbocycles. The summed E-state index contributed by atoms with van der Waals surface area (Å²) < 4.78 is 1.02. The molecule has 1 amide bonds. The lowest BCUT2D eigenvalue weighted by molar-refractivity contribution is 0.0818. The molecule has 0 aliphatic rings. The SMILES string of the molecule is C#CCN(C)C(=O)c1sc2ccc(C)cc2c1N. The molecule has 2 aromatic rings. The molecule has 0 fully saturated rings. The van der Waals surface area contributed by atoms with Crippen molar-refractivity contribution in [1.82, 2.24) is 4.90 Å². The third-order valence-corrected chi connectivity index (χ3v) is 3.93. The Bertz CT molecular complexity index is 652. The van der Waals surface area contributed by atoms with Gasteiger partial charge in [0.15, 0.2) is 0 Å². The summed E-state index contributed by atoms with van der Waals surface area (Å²) in [6, 6.07) is 6.00. The van der Waals surface area contributed by atoms with E-state index in [9.17, 15) is 4.79 Å². The standard InChI is InChI=1S/C14H14N2OS/c1-4-7-16(3)14(17)13-12(15)10-8-9(2)5-6-11(10)18-13/h1,5-6,8H,7,15H2,2-3H3. The first kappa shape index (κ1) is 12.5. The molecule has 0 unspecified atom stereocenters. The predicted molar refractivity (Wildman–Crippen MR) is 76.8 cm³/mol. The molecule has 18 heavy (non-hydrogen) atoms. The molecule has 3 nitrogen and oxygen atoms in total. The Morgan fingerprint density at radius 2 is 2.28 bits per heavy atom. The monoisotopic (exact) mass is 258 g/mol. The van der Waals surface area contributed by atoms with Crippen molar-refractivity contribution >= 4 is 33.0 Å². The fraction of sp³-hybridized carbons (Fsp3) is 0.214. The minimum Gasteiger partial charge on any atom is -0.397 e. The van der Waals surface area contributed by atoms with E-state index < -0.39 is 0 Å². The number of carbonyl (C=O) groups is 1. The lowest BCUT2D eigenvalue weighted by atomic mass is 10.1. The molecule has 0 atom stereocenters. The third kappa shape index (κ3) is 2.05. The second-order valence-corrected chi connectivity index (χ2v) is 5.26. The van der Waals surface area contributed by atoms with Crippen molar-refractivity contribution in [2.45, 2.75) is 6.92 Å². The summed E-state index contributed by atoms with van der Waals surface area (Å²) in [7, 11) is 1.68. The minimum absolute atomic E-state index is 0.121. The molecular weight excluding hydrogens is 244 g/mol. The average Bonchev–Trinajstić information content (AvgIpc) is 2.66. The quantitative estimate of drug-likeness (QED) is 0.841. The second kappa shape index (κ2) is 4.71. The number of fused-ring (bicyclic) bond motifs is 1. The van der Waals surface area contributed by atoms with Crippen LogP contribution in [-0.2, 0) is 0 Å². The average molecular weight is 258 g/mol. The number of anilines is 1. The van der Waals surface area contributed by atoms with Gasteiger partial charge in [-0.2, -0.15) is 0 Å². The number of nitrogens with zero attached hydrogens (tertiary/aromatic N) is 1. The highest BCUT2D eigenvalue weighted by Gasteiger charge is 2.19. The summed E-state index contributed by atoms with van der Waals surface area (Å²) in [6.07, 6.45) is 5.21. The zero-order chi connectivity index (χ0) is 13.3. The van der Waals surface area contributed by atoms with Gasteiger partial charge in [-0.3, -0.25) is 4.79 Å². The van der Waals surface area contributed by atoms with E-state index in [1.165, 1.54) is 16.2 Å². The van der Waals surface area contributed by atoms with Crippen LogP contribution in [-0.4, -0.2) is 24.4 Å². The van der Waals surface area contributed by atoms with Crippen LogP contribution in [0.4, 0.5) is 5.69 Å². The Balaban J connectivity index is 2.50. The van der Waals surface area contributed by atoms with E-state index in [4.69, 9.17) is 12.2 Å². The first-order valence-corrected chi connectivity index (χ1v) is 6.33. The summed E-state index contributed by atoms with van der Waals surface area (Å²) in [5.74, 6) is 2.33. The summed E-state index contributed by atoms with van der Waals surface area (Å²) in [6.45, 7) is 2.29. The lowest BCUT2D eigenvalue weighted by Crippen LogP contribution is -2.26. The van der Waals surface area contributed by atoms with E-state index >= 15 is 0 Å². The van der Waals surface area contributed by atoms with Crippen molar-refractivity contribution in [3.63, 3.8) is 0 Å². The van der Waals surface area contributed by atoms with Crippen LogP contribution in [0.5, 0.6) is 0 Å². The van der Waals surface area contributed by atoms with E-state index in [1.807, 2.05) is 25.1 Å². The fourth-order valence-corrected chi connectivity index (χ4v) is 2.87. The van der Waals surface area contributed by atoms with Gasteiger partial charge in [-0.1, -0.05) is 17.6 Å². The van der Waals surface area contributed by atoms with Crippen molar-refractivity contribution < 1.29 is 4.79 Å². The lowest BCUT2D eigenvalue weighted by Gasteiger charge is -2.12. The second-order valence-electron chi connectivity index (χ2n) is 4.21. The molecule has 0 aliphatic carbocycles. The molecule has 92 valence electrons. The van der Waals surface area contributed by atoms with Crippen molar-refractivity contribution in [2.75, 3.05) is 19.3 Å². The maximum atomic E-state index is 12.2. The van der Waals surface area contributed by atoms with Crippen LogP contribution in [0.1, 0.15) is 15.2 Å². The molecule has 4 heteroatoms. The van der Waals surface area contributed by atoms with E-state index in [-0.39, 0.29) is 12.5 Å².